The average molecular weight is 230 g/mol. The van der Waals surface area contributed by atoms with Gasteiger partial charge in [-0.2, -0.15) is 0 Å². The third-order valence-electron chi connectivity index (χ3n) is 2.75. The van der Waals surface area contributed by atoms with Crippen molar-refractivity contribution in [1.82, 2.24) is 0 Å². The molecule has 1 aromatic rings. The van der Waals surface area contributed by atoms with Crippen LogP contribution >= 0.6 is 0 Å². The van der Waals surface area contributed by atoms with Gasteiger partial charge in [-0.3, -0.25) is 0 Å². The minimum absolute atomic E-state index is 0.314. The Labute approximate surface area is 105 Å². The fourth-order valence-corrected chi connectivity index (χ4v) is 1.89. The topological polar surface area (TPSA) is 24.7 Å². The lowest BCUT2D eigenvalue weighted by Gasteiger charge is -2.18. The van der Waals surface area contributed by atoms with Crippen LogP contribution < -0.4 is 0 Å². The summed E-state index contributed by atoms with van der Waals surface area (Å²) < 4.78 is 0. The number of hydrogen-bond donors (Lipinski definition) is 0. The van der Waals surface area contributed by atoms with Crippen molar-refractivity contribution in [1.29, 1.82) is 0 Å². The molecule has 2 heteroatoms. The summed E-state index contributed by atoms with van der Waals surface area (Å²) in [5.41, 5.74) is 1.20. The Morgan fingerprint density at radius 2 is 1.59 bits per heavy atom. The highest BCUT2D eigenvalue weighted by molar-refractivity contribution is 5.42. The molecule has 0 aliphatic carbocycles. The second-order valence-corrected chi connectivity index (χ2v) is 5.01. The monoisotopic (exact) mass is 230 g/mol. The van der Waals surface area contributed by atoms with Crippen molar-refractivity contribution in [3.05, 3.63) is 35.9 Å². The molecule has 0 saturated carbocycles. The van der Waals surface area contributed by atoms with Crippen molar-refractivity contribution in [2.75, 3.05) is 0 Å². The molecular weight excluding hydrogens is 208 g/mol. The summed E-state index contributed by atoms with van der Waals surface area (Å²) in [6.45, 7) is 9.41. The smallest absolute Gasteiger partial charge is 0.0899 e. The standard InChI is InChI=1S/C15H22N2/c1-12(2)15(13(3)4)17-11-16-10-14-8-6-5-7-9-14/h5-9,12-13,15H,10H2,1-4H3. The van der Waals surface area contributed by atoms with E-state index in [9.17, 15) is 0 Å². The third-order valence-corrected chi connectivity index (χ3v) is 2.75. The van der Waals surface area contributed by atoms with E-state index in [1.165, 1.54) is 5.56 Å². The molecule has 0 amide bonds. The first-order valence-corrected chi connectivity index (χ1v) is 6.26. The lowest BCUT2D eigenvalue weighted by Crippen LogP contribution is -2.19. The van der Waals surface area contributed by atoms with Crippen molar-refractivity contribution >= 4 is 6.01 Å². The molecule has 0 unspecified atom stereocenters. The van der Waals surface area contributed by atoms with Crippen LogP contribution in [0.3, 0.4) is 0 Å². The minimum atomic E-state index is 0.314. The second-order valence-electron chi connectivity index (χ2n) is 5.01. The molecular formula is C15H22N2. The largest absolute Gasteiger partial charge is 0.222 e. The minimum Gasteiger partial charge on any atom is -0.222 e. The Balaban J connectivity index is 2.58. The molecule has 17 heavy (non-hydrogen) atoms. The quantitative estimate of drug-likeness (QED) is 0.682. The Kier molecular flexibility index (Phi) is 5.65. The van der Waals surface area contributed by atoms with Gasteiger partial charge in [0.1, 0.15) is 0 Å². The molecule has 0 heterocycles. The predicted molar refractivity (Wildman–Crippen MR) is 73.5 cm³/mol. The number of benzene rings is 1. The first-order valence-electron chi connectivity index (χ1n) is 6.26. The van der Waals surface area contributed by atoms with Crippen LogP contribution in [0.25, 0.3) is 0 Å². The van der Waals surface area contributed by atoms with Crippen LogP contribution in [0.15, 0.2) is 40.3 Å². The zero-order valence-corrected chi connectivity index (χ0v) is 11.2. The first kappa shape index (κ1) is 13.7. The summed E-state index contributed by atoms with van der Waals surface area (Å²) in [7, 11) is 0. The van der Waals surface area contributed by atoms with E-state index in [0.29, 0.717) is 24.4 Å². The van der Waals surface area contributed by atoms with E-state index in [4.69, 9.17) is 0 Å². The zero-order valence-electron chi connectivity index (χ0n) is 11.2. The highest BCUT2D eigenvalue weighted by Crippen LogP contribution is 2.15. The van der Waals surface area contributed by atoms with Gasteiger partial charge in [-0.1, -0.05) is 58.0 Å². The Bertz CT molecular complexity index is 365. The molecule has 92 valence electrons. The molecule has 1 aromatic carbocycles. The normalized spacial score (nSPS) is 10.8. The molecule has 0 bridgehead atoms. The first-order chi connectivity index (χ1) is 8.11. The Morgan fingerprint density at radius 3 is 2.12 bits per heavy atom. The second kappa shape index (κ2) is 7.03. The van der Waals surface area contributed by atoms with E-state index in [0.717, 1.165) is 0 Å². The molecule has 2 nitrogen and oxygen atoms in total. The molecule has 0 aliphatic rings. The van der Waals surface area contributed by atoms with Crippen LogP contribution in [0.4, 0.5) is 0 Å². The number of rotatable bonds is 5. The number of nitrogens with zero attached hydrogens (tertiary/aromatic N) is 2. The Hall–Kier alpha value is -1.40. The van der Waals surface area contributed by atoms with Gasteiger partial charge in [-0.15, -0.1) is 0 Å². The Morgan fingerprint density at radius 1 is 1.00 bits per heavy atom. The summed E-state index contributed by atoms with van der Waals surface area (Å²) in [4.78, 5) is 8.65. The zero-order chi connectivity index (χ0) is 12.7. The van der Waals surface area contributed by atoms with Crippen LogP contribution in [0.5, 0.6) is 0 Å². The van der Waals surface area contributed by atoms with Gasteiger partial charge in [-0.25, -0.2) is 9.98 Å². The van der Waals surface area contributed by atoms with Crippen LogP contribution in [0.1, 0.15) is 33.3 Å². The summed E-state index contributed by atoms with van der Waals surface area (Å²) in [5.74, 6) is 1.07. The van der Waals surface area contributed by atoms with Gasteiger partial charge in [0.2, 0.25) is 0 Å². The maximum absolute atomic E-state index is 4.42. The van der Waals surface area contributed by atoms with Gasteiger partial charge in [-0.05, 0) is 17.4 Å². The molecule has 0 atom stereocenters. The maximum Gasteiger partial charge on any atom is 0.0899 e. The van der Waals surface area contributed by atoms with Crippen molar-refractivity contribution in [2.24, 2.45) is 21.8 Å². The van der Waals surface area contributed by atoms with Crippen molar-refractivity contribution < 1.29 is 0 Å². The van der Waals surface area contributed by atoms with E-state index in [1.54, 1.807) is 0 Å². The van der Waals surface area contributed by atoms with Crippen molar-refractivity contribution in [2.45, 2.75) is 40.3 Å². The van der Waals surface area contributed by atoms with E-state index in [1.807, 2.05) is 18.2 Å². The van der Waals surface area contributed by atoms with E-state index in [2.05, 4.69) is 55.8 Å². The van der Waals surface area contributed by atoms with Gasteiger partial charge in [0, 0.05) is 0 Å². The summed E-state index contributed by atoms with van der Waals surface area (Å²) in [5, 5.41) is 0. The lowest BCUT2D eigenvalue weighted by molar-refractivity contribution is 0.390. The van der Waals surface area contributed by atoms with Gasteiger partial charge in [0.25, 0.3) is 0 Å². The highest BCUT2D eigenvalue weighted by Gasteiger charge is 2.15. The van der Waals surface area contributed by atoms with E-state index >= 15 is 0 Å². The summed E-state index contributed by atoms with van der Waals surface area (Å²) in [6.07, 6.45) is 0. The highest BCUT2D eigenvalue weighted by atomic mass is 14.8. The molecule has 0 fully saturated rings. The number of aliphatic imine (C=N–C) groups is 2. The summed E-state index contributed by atoms with van der Waals surface area (Å²) in [6, 6.07) is 13.3. The number of hydrogen-bond acceptors (Lipinski definition) is 2. The molecule has 1 rings (SSSR count). The molecule has 0 spiro atoms. The average Bonchev–Trinajstić information content (AvgIpc) is 2.29. The maximum atomic E-state index is 4.42. The molecule has 0 saturated heterocycles. The van der Waals surface area contributed by atoms with Crippen LogP contribution in [-0.4, -0.2) is 12.1 Å². The third kappa shape index (κ3) is 4.97. The van der Waals surface area contributed by atoms with Gasteiger partial charge < -0.3 is 0 Å². The fourth-order valence-electron chi connectivity index (χ4n) is 1.89. The van der Waals surface area contributed by atoms with Gasteiger partial charge in [0.15, 0.2) is 0 Å². The van der Waals surface area contributed by atoms with E-state index < -0.39 is 0 Å². The predicted octanol–water partition coefficient (Wildman–Crippen LogP) is 4.04. The van der Waals surface area contributed by atoms with Crippen LogP contribution in [0, 0.1) is 11.8 Å². The molecule has 0 aliphatic heterocycles. The molecule has 0 radical (unpaired) electrons. The van der Waals surface area contributed by atoms with Crippen LogP contribution in [-0.2, 0) is 6.54 Å². The molecule has 0 N–H and O–H groups in total. The molecule has 0 aromatic heterocycles. The van der Waals surface area contributed by atoms with Gasteiger partial charge >= 0.3 is 0 Å². The van der Waals surface area contributed by atoms with Gasteiger partial charge in [0.05, 0.1) is 18.6 Å². The fraction of sp³-hybridized carbons (Fsp3) is 0.533. The lowest BCUT2D eigenvalue weighted by atomic mass is 9.94. The van der Waals surface area contributed by atoms with E-state index in [-0.39, 0.29) is 0 Å². The van der Waals surface area contributed by atoms with Crippen molar-refractivity contribution in [3.63, 3.8) is 0 Å². The SMILES string of the molecule is CC(C)C(N=C=NCc1ccccc1)C(C)C. The summed E-state index contributed by atoms with van der Waals surface area (Å²) >= 11 is 0. The van der Waals surface area contributed by atoms with Crippen LogP contribution in [0.2, 0.25) is 0 Å². The van der Waals surface area contributed by atoms with Crippen molar-refractivity contribution in [3.8, 4) is 0 Å².